The van der Waals surface area contributed by atoms with Gasteiger partial charge in [-0.3, -0.25) is 0 Å². The van der Waals surface area contributed by atoms with Crippen LogP contribution >= 0.6 is 24.8 Å². The van der Waals surface area contributed by atoms with E-state index in [1.54, 1.807) is 0 Å². The van der Waals surface area contributed by atoms with Crippen molar-refractivity contribution in [3.05, 3.63) is 0 Å². The molecule has 2 fully saturated rings. The van der Waals surface area contributed by atoms with Gasteiger partial charge in [0.25, 0.3) is 0 Å². The average molecular weight is 255 g/mol. The molecule has 0 aromatic heterocycles. The number of nitrogens with one attached hydrogen (secondary N) is 1. The highest BCUT2D eigenvalue weighted by Gasteiger charge is 2.37. The van der Waals surface area contributed by atoms with Gasteiger partial charge in [-0.2, -0.15) is 0 Å². The van der Waals surface area contributed by atoms with Crippen molar-refractivity contribution in [2.24, 2.45) is 5.41 Å². The summed E-state index contributed by atoms with van der Waals surface area (Å²) in [6.07, 6.45) is 4.25. The fourth-order valence-corrected chi connectivity index (χ4v) is 2.74. The third-order valence-corrected chi connectivity index (χ3v) is 3.92. The van der Waals surface area contributed by atoms with Crippen molar-refractivity contribution in [1.29, 1.82) is 0 Å². The van der Waals surface area contributed by atoms with E-state index >= 15 is 0 Å². The van der Waals surface area contributed by atoms with Crippen LogP contribution in [0.2, 0.25) is 0 Å². The maximum atomic E-state index is 3.51. The van der Waals surface area contributed by atoms with Gasteiger partial charge in [0, 0.05) is 12.6 Å². The van der Waals surface area contributed by atoms with Crippen molar-refractivity contribution < 1.29 is 0 Å². The minimum Gasteiger partial charge on any atom is -0.316 e. The molecule has 0 unspecified atom stereocenters. The topological polar surface area (TPSA) is 15.3 Å². The number of hydrogen-bond donors (Lipinski definition) is 1. The molecule has 0 saturated carbocycles. The summed E-state index contributed by atoms with van der Waals surface area (Å²) in [5.74, 6) is 0. The monoisotopic (exact) mass is 254 g/mol. The molecule has 2 nitrogen and oxygen atoms in total. The Morgan fingerprint density at radius 1 is 1.07 bits per heavy atom. The Hall–Kier alpha value is 0.500. The fourth-order valence-electron chi connectivity index (χ4n) is 2.74. The first-order valence-electron chi connectivity index (χ1n) is 5.67. The van der Waals surface area contributed by atoms with E-state index in [9.17, 15) is 0 Å². The van der Waals surface area contributed by atoms with Crippen LogP contribution in [-0.4, -0.2) is 37.1 Å². The minimum absolute atomic E-state index is 0. The van der Waals surface area contributed by atoms with Crippen molar-refractivity contribution in [2.45, 2.75) is 39.2 Å². The summed E-state index contributed by atoms with van der Waals surface area (Å²) < 4.78 is 0. The molecule has 0 aromatic carbocycles. The van der Waals surface area contributed by atoms with E-state index in [2.05, 4.69) is 24.1 Å². The zero-order valence-electron chi connectivity index (χ0n) is 9.79. The van der Waals surface area contributed by atoms with Crippen LogP contribution in [0.3, 0.4) is 0 Å². The van der Waals surface area contributed by atoms with Crippen LogP contribution in [0.5, 0.6) is 0 Å². The number of piperidine rings is 1. The predicted molar refractivity (Wildman–Crippen MR) is 70.4 cm³/mol. The number of rotatable bonds is 1. The zero-order chi connectivity index (χ0) is 9.31. The maximum Gasteiger partial charge on any atom is 0.00385 e. The fraction of sp³-hybridized carbons (Fsp3) is 1.00. The Kier molecular flexibility index (Phi) is 6.50. The molecule has 0 bridgehead atoms. The molecule has 0 aromatic rings. The van der Waals surface area contributed by atoms with Crippen molar-refractivity contribution in [1.82, 2.24) is 10.2 Å². The number of nitrogens with zero attached hydrogens (tertiary/aromatic N) is 1. The molecule has 1 spiro atoms. The van der Waals surface area contributed by atoms with Crippen LogP contribution < -0.4 is 5.32 Å². The molecule has 92 valence electrons. The highest BCUT2D eigenvalue weighted by molar-refractivity contribution is 5.85. The van der Waals surface area contributed by atoms with Crippen molar-refractivity contribution in [3.63, 3.8) is 0 Å². The summed E-state index contributed by atoms with van der Waals surface area (Å²) in [6.45, 7) is 9.79. The Labute approximate surface area is 106 Å². The Morgan fingerprint density at radius 2 is 1.67 bits per heavy atom. The van der Waals surface area contributed by atoms with E-state index in [-0.39, 0.29) is 24.8 Å². The van der Waals surface area contributed by atoms with Crippen LogP contribution in [0.1, 0.15) is 33.1 Å². The van der Waals surface area contributed by atoms with E-state index in [0.29, 0.717) is 5.41 Å². The lowest BCUT2D eigenvalue weighted by Gasteiger charge is -2.40. The predicted octanol–water partition coefficient (Wildman–Crippen LogP) is 2.31. The molecular formula is C11H24Cl2N2. The van der Waals surface area contributed by atoms with E-state index < -0.39 is 0 Å². The van der Waals surface area contributed by atoms with Gasteiger partial charge in [0.05, 0.1) is 0 Å². The molecule has 2 rings (SSSR count). The summed E-state index contributed by atoms with van der Waals surface area (Å²) in [5, 5.41) is 3.51. The highest BCUT2D eigenvalue weighted by Crippen LogP contribution is 2.37. The second-order valence-electron chi connectivity index (χ2n) is 5.06. The smallest absolute Gasteiger partial charge is 0.00385 e. The molecule has 2 aliphatic rings. The zero-order valence-corrected chi connectivity index (χ0v) is 11.4. The molecule has 0 radical (unpaired) electrons. The lowest BCUT2D eigenvalue weighted by molar-refractivity contribution is 0.0958. The lowest BCUT2D eigenvalue weighted by Crippen LogP contribution is -2.44. The highest BCUT2D eigenvalue weighted by atomic mass is 35.5. The van der Waals surface area contributed by atoms with Crippen LogP contribution in [0.4, 0.5) is 0 Å². The summed E-state index contributed by atoms with van der Waals surface area (Å²) in [7, 11) is 0. The Balaban J connectivity index is 0.000000980. The third-order valence-electron chi connectivity index (χ3n) is 3.92. The molecule has 2 heterocycles. The summed E-state index contributed by atoms with van der Waals surface area (Å²) in [5.41, 5.74) is 0.686. The van der Waals surface area contributed by atoms with Gasteiger partial charge >= 0.3 is 0 Å². The average Bonchev–Trinajstić information content (AvgIpc) is 2.54. The molecule has 0 aliphatic carbocycles. The van der Waals surface area contributed by atoms with Crippen LogP contribution in [0.25, 0.3) is 0 Å². The van der Waals surface area contributed by atoms with Gasteiger partial charge in [-0.1, -0.05) is 0 Å². The van der Waals surface area contributed by atoms with Gasteiger partial charge in [0.2, 0.25) is 0 Å². The summed E-state index contributed by atoms with van der Waals surface area (Å²) >= 11 is 0. The molecule has 0 amide bonds. The molecule has 4 heteroatoms. The maximum absolute atomic E-state index is 3.51. The standard InChI is InChI=1S/C11H22N2.2ClH/c1-10(2)13-7-4-11(5-8-13)3-6-12-9-11;;/h10,12H,3-9H2,1-2H3;2*1H. The summed E-state index contributed by atoms with van der Waals surface area (Å²) in [6, 6.07) is 0.742. The molecule has 0 atom stereocenters. The normalized spacial score (nSPS) is 25.0. The Morgan fingerprint density at radius 3 is 2.07 bits per heavy atom. The third kappa shape index (κ3) is 3.48. The Bertz CT molecular complexity index is 169. The van der Waals surface area contributed by atoms with Gasteiger partial charge in [0.15, 0.2) is 0 Å². The number of halogens is 2. The molecule has 2 aliphatic heterocycles. The first-order valence-corrected chi connectivity index (χ1v) is 5.67. The van der Waals surface area contributed by atoms with Gasteiger partial charge in [-0.15, -0.1) is 24.8 Å². The van der Waals surface area contributed by atoms with Crippen LogP contribution in [0, 0.1) is 5.41 Å². The second kappa shape index (κ2) is 6.29. The van der Waals surface area contributed by atoms with Crippen molar-refractivity contribution >= 4 is 24.8 Å². The van der Waals surface area contributed by atoms with Gasteiger partial charge in [-0.05, 0) is 58.2 Å². The SMILES string of the molecule is CC(C)N1CCC2(CCNC2)CC1.Cl.Cl. The second-order valence-corrected chi connectivity index (χ2v) is 5.06. The summed E-state index contributed by atoms with van der Waals surface area (Å²) in [4.78, 5) is 2.61. The molecule has 2 saturated heterocycles. The van der Waals surface area contributed by atoms with Crippen molar-refractivity contribution in [2.75, 3.05) is 26.2 Å². The van der Waals surface area contributed by atoms with Crippen LogP contribution in [0.15, 0.2) is 0 Å². The lowest BCUT2D eigenvalue weighted by atomic mass is 9.77. The quantitative estimate of drug-likeness (QED) is 0.773. The van der Waals surface area contributed by atoms with E-state index in [0.717, 1.165) is 6.04 Å². The van der Waals surface area contributed by atoms with Crippen LogP contribution in [-0.2, 0) is 0 Å². The van der Waals surface area contributed by atoms with Crippen molar-refractivity contribution in [3.8, 4) is 0 Å². The molecule has 1 N–H and O–H groups in total. The van der Waals surface area contributed by atoms with E-state index in [4.69, 9.17) is 0 Å². The van der Waals surface area contributed by atoms with Gasteiger partial charge in [-0.25, -0.2) is 0 Å². The number of likely N-dealkylation sites (tertiary alicyclic amines) is 1. The van der Waals surface area contributed by atoms with E-state index in [1.165, 1.54) is 45.4 Å². The first-order chi connectivity index (χ1) is 6.22. The molecular weight excluding hydrogens is 231 g/mol. The molecule has 15 heavy (non-hydrogen) atoms. The first kappa shape index (κ1) is 15.5. The van der Waals surface area contributed by atoms with E-state index in [1.807, 2.05) is 0 Å². The largest absolute Gasteiger partial charge is 0.316 e. The number of hydrogen-bond acceptors (Lipinski definition) is 2. The minimum atomic E-state index is 0. The van der Waals surface area contributed by atoms with Gasteiger partial charge < -0.3 is 10.2 Å². The van der Waals surface area contributed by atoms with Gasteiger partial charge in [0.1, 0.15) is 0 Å².